The van der Waals surface area contributed by atoms with Crippen LogP contribution in [0, 0.1) is 5.92 Å². The van der Waals surface area contributed by atoms with Crippen LogP contribution in [0.5, 0.6) is 5.75 Å². The average molecular weight is 478 g/mol. The lowest BCUT2D eigenvalue weighted by Crippen LogP contribution is -2.49. The van der Waals surface area contributed by atoms with E-state index in [2.05, 4.69) is 45.9 Å². The van der Waals surface area contributed by atoms with Crippen LogP contribution in [0.2, 0.25) is 0 Å². The van der Waals surface area contributed by atoms with Crippen molar-refractivity contribution in [1.82, 2.24) is 15.5 Å². The van der Waals surface area contributed by atoms with E-state index >= 15 is 0 Å². The highest BCUT2D eigenvalue weighted by Crippen LogP contribution is 2.30. The molecule has 1 unspecified atom stereocenters. The van der Waals surface area contributed by atoms with Crippen LogP contribution in [-0.2, 0) is 16.0 Å². The Balaban J connectivity index is 1.50. The van der Waals surface area contributed by atoms with E-state index in [9.17, 15) is 9.59 Å². The first-order chi connectivity index (χ1) is 17.1. The zero-order valence-corrected chi connectivity index (χ0v) is 20.6. The molecule has 2 N–H and O–H groups in total. The third kappa shape index (κ3) is 6.42. The molecule has 35 heavy (non-hydrogen) atoms. The highest BCUT2D eigenvalue weighted by atomic mass is 16.5. The summed E-state index contributed by atoms with van der Waals surface area (Å²) in [4.78, 5) is 28.0. The van der Waals surface area contributed by atoms with Gasteiger partial charge in [0.15, 0.2) is 0 Å². The number of amides is 2. The van der Waals surface area contributed by atoms with Gasteiger partial charge in [-0.3, -0.25) is 4.90 Å². The number of nitrogens with zero attached hydrogens (tertiary/aromatic N) is 1. The molecule has 0 spiro atoms. The zero-order chi connectivity index (χ0) is 24.6. The van der Waals surface area contributed by atoms with E-state index in [0.717, 1.165) is 43.7 Å². The molecule has 4 rings (SSSR count). The van der Waals surface area contributed by atoms with Crippen LogP contribution in [-0.4, -0.2) is 49.7 Å². The second-order valence-corrected chi connectivity index (χ2v) is 9.06. The van der Waals surface area contributed by atoms with Crippen molar-refractivity contribution in [3.8, 4) is 5.75 Å². The quantitative estimate of drug-likeness (QED) is 0.529. The highest BCUT2D eigenvalue weighted by Gasteiger charge is 2.34. The van der Waals surface area contributed by atoms with E-state index in [1.807, 2.05) is 31.2 Å². The topological polar surface area (TPSA) is 79.9 Å². The Bertz CT molecular complexity index is 1030. The summed E-state index contributed by atoms with van der Waals surface area (Å²) in [6, 6.07) is 17.2. The maximum absolute atomic E-state index is 13.1. The van der Waals surface area contributed by atoms with Crippen molar-refractivity contribution >= 4 is 12.0 Å². The molecule has 0 aromatic heterocycles. The molecule has 0 aliphatic carbocycles. The van der Waals surface area contributed by atoms with Crippen LogP contribution in [0.15, 0.2) is 65.9 Å². The maximum atomic E-state index is 13.1. The molecule has 2 aromatic carbocycles. The van der Waals surface area contributed by atoms with E-state index in [-0.39, 0.29) is 12.6 Å². The van der Waals surface area contributed by atoms with Gasteiger partial charge in [0, 0.05) is 12.2 Å². The molecule has 2 aliphatic rings. The van der Waals surface area contributed by atoms with E-state index in [1.165, 1.54) is 5.56 Å². The van der Waals surface area contributed by atoms with Crippen molar-refractivity contribution < 1.29 is 19.1 Å². The Hall–Kier alpha value is -3.32. The first-order valence-electron chi connectivity index (χ1n) is 12.5. The smallest absolute Gasteiger partial charge is 0.338 e. The van der Waals surface area contributed by atoms with Gasteiger partial charge in [-0.05, 0) is 75.4 Å². The van der Waals surface area contributed by atoms with Gasteiger partial charge >= 0.3 is 12.0 Å². The van der Waals surface area contributed by atoms with Crippen molar-refractivity contribution in [2.24, 2.45) is 5.92 Å². The zero-order valence-electron chi connectivity index (χ0n) is 20.6. The van der Waals surface area contributed by atoms with Gasteiger partial charge in [-0.2, -0.15) is 0 Å². The number of piperidine rings is 1. The fourth-order valence-electron chi connectivity index (χ4n) is 4.89. The molecule has 1 atom stereocenters. The lowest BCUT2D eigenvalue weighted by Gasteiger charge is -2.35. The number of benzene rings is 2. The molecule has 2 aromatic rings. The summed E-state index contributed by atoms with van der Waals surface area (Å²) in [7, 11) is 0. The van der Waals surface area contributed by atoms with Gasteiger partial charge < -0.3 is 20.1 Å². The molecular formula is C28H35N3O4. The minimum atomic E-state index is -0.580. The minimum absolute atomic E-state index is 0.268. The summed E-state index contributed by atoms with van der Waals surface area (Å²) < 4.78 is 10.9. The summed E-state index contributed by atoms with van der Waals surface area (Å²) >= 11 is 0. The van der Waals surface area contributed by atoms with Crippen molar-refractivity contribution in [1.29, 1.82) is 0 Å². The molecule has 2 aliphatic heterocycles. The molecule has 2 amide bonds. The normalized spacial score (nSPS) is 19.1. The fourth-order valence-corrected chi connectivity index (χ4v) is 4.89. The molecule has 7 heteroatoms. The number of rotatable bonds is 9. The van der Waals surface area contributed by atoms with E-state index in [0.29, 0.717) is 30.3 Å². The van der Waals surface area contributed by atoms with Crippen LogP contribution in [0.3, 0.4) is 0 Å². The Morgan fingerprint density at radius 2 is 1.71 bits per heavy atom. The predicted molar refractivity (Wildman–Crippen MR) is 135 cm³/mol. The van der Waals surface area contributed by atoms with Crippen LogP contribution < -0.4 is 15.4 Å². The average Bonchev–Trinajstić information content (AvgIpc) is 2.86. The molecular weight excluding hydrogens is 442 g/mol. The second-order valence-electron chi connectivity index (χ2n) is 9.06. The Labute approximate surface area is 207 Å². The van der Waals surface area contributed by atoms with Crippen molar-refractivity contribution in [2.45, 2.75) is 39.2 Å². The molecule has 2 heterocycles. The lowest BCUT2D eigenvalue weighted by atomic mass is 9.89. The SMILES string of the molecule is CCOC(=O)C1=C(CN2CCC(Cc3ccccc3)CC2)NC(=O)NC1c1ccc(OCC)cc1. The first-order valence-corrected chi connectivity index (χ1v) is 12.5. The summed E-state index contributed by atoms with van der Waals surface area (Å²) in [6.45, 7) is 6.92. The predicted octanol–water partition coefficient (Wildman–Crippen LogP) is 4.21. The van der Waals surface area contributed by atoms with Crippen LogP contribution in [0.1, 0.15) is 43.9 Å². The van der Waals surface area contributed by atoms with Crippen LogP contribution >= 0.6 is 0 Å². The Morgan fingerprint density at radius 3 is 2.37 bits per heavy atom. The maximum Gasteiger partial charge on any atom is 0.338 e. The third-order valence-corrected chi connectivity index (χ3v) is 6.63. The molecule has 0 bridgehead atoms. The summed E-state index contributed by atoms with van der Waals surface area (Å²) in [5, 5.41) is 5.80. The number of ether oxygens (including phenoxy) is 2. The second kappa shape index (κ2) is 11.9. The summed E-state index contributed by atoms with van der Waals surface area (Å²) in [5.41, 5.74) is 3.27. The largest absolute Gasteiger partial charge is 0.494 e. The van der Waals surface area contributed by atoms with Crippen LogP contribution in [0.25, 0.3) is 0 Å². The Morgan fingerprint density at radius 1 is 1.00 bits per heavy atom. The minimum Gasteiger partial charge on any atom is -0.494 e. The molecule has 7 nitrogen and oxygen atoms in total. The van der Waals surface area contributed by atoms with E-state index in [4.69, 9.17) is 9.47 Å². The molecule has 1 fully saturated rings. The number of carbonyl (C=O) groups is 2. The first kappa shape index (κ1) is 24.8. The summed E-state index contributed by atoms with van der Waals surface area (Å²) in [5.74, 6) is 0.982. The highest BCUT2D eigenvalue weighted by molar-refractivity contribution is 5.95. The number of nitrogens with one attached hydrogen (secondary N) is 2. The van der Waals surface area contributed by atoms with Gasteiger partial charge in [0.1, 0.15) is 5.75 Å². The monoisotopic (exact) mass is 477 g/mol. The van der Waals surface area contributed by atoms with Crippen LogP contribution in [0.4, 0.5) is 4.79 Å². The van der Waals surface area contributed by atoms with Gasteiger partial charge in [-0.1, -0.05) is 42.5 Å². The number of esters is 1. The van der Waals surface area contributed by atoms with Gasteiger partial charge in [-0.15, -0.1) is 0 Å². The van der Waals surface area contributed by atoms with Gasteiger partial charge in [0.2, 0.25) is 0 Å². The van der Waals surface area contributed by atoms with E-state index < -0.39 is 12.0 Å². The third-order valence-electron chi connectivity index (χ3n) is 6.63. The van der Waals surface area contributed by atoms with Gasteiger partial charge in [-0.25, -0.2) is 9.59 Å². The molecule has 186 valence electrons. The van der Waals surface area contributed by atoms with Crippen molar-refractivity contribution in [3.63, 3.8) is 0 Å². The molecule has 1 saturated heterocycles. The van der Waals surface area contributed by atoms with Crippen molar-refractivity contribution in [2.75, 3.05) is 32.8 Å². The van der Waals surface area contributed by atoms with Crippen molar-refractivity contribution in [3.05, 3.63) is 77.0 Å². The van der Waals surface area contributed by atoms with Gasteiger partial charge in [0.25, 0.3) is 0 Å². The molecule has 0 radical (unpaired) electrons. The standard InChI is InChI=1S/C28H35N3O4/c1-3-34-23-12-10-22(11-13-23)26-25(27(32)35-4-2)24(29-28(33)30-26)19-31-16-14-21(15-17-31)18-20-8-6-5-7-9-20/h5-13,21,26H,3-4,14-19H2,1-2H3,(H2,29,30,33). The number of carbonyl (C=O) groups excluding carboxylic acids is 2. The lowest BCUT2D eigenvalue weighted by molar-refractivity contribution is -0.139. The van der Waals surface area contributed by atoms with Gasteiger partial charge in [0.05, 0.1) is 24.8 Å². The fraction of sp³-hybridized carbons (Fsp3) is 0.429. The van der Waals surface area contributed by atoms with E-state index in [1.54, 1.807) is 6.92 Å². The number of hydrogen-bond acceptors (Lipinski definition) is 5. The molecule has 0 saturated carbocycles. The number of likely N-dealkylation sites (tertiary alicyclic amines) is 1. The number of urea groups is 1. The number of hydrogen-bond donors (Lipinski definition) is 2. The Kier molecular flexibility index (Phi) is 8.42. The summed E-state index contributed by atoms with van der Waals surface area (Å²) in [6.07, 6.45) is 3.27.